The summed E-state index contributed by atoms with van der Waals surface area (Å²) in [5.41, 5.74) is -0.112. The SMILES string of the molecule is O=C(O)c1ccnnc1Sc1cc(F)ccc1F. The summed E-state index contributed by atoms with van der Waals surface area (Å²) in [5, 5.41) is 16.1. The number of benzene rings is 1. The number of rotatable bonds is 3. The summed E-state index contributed by atoms with van der Waals surface area (Å²) in [5.74, 6) is -2.47. The third kappa shape index (κ3) is 2.62. The van der Waals surface area contributed by atoms with E-state index in [2.05, 4.69) is 10.2 Å². The van der Waals surface area contributed by atoms with E-state index in [1.54, 1.807) is 0 Å². The van der Waals surface area contributed by atoms with Gasteiger partial charge in [-0.1, -0.05) is 11.8 Å². The van der Waals surface area contributed by atoms with Crippen molar-refractivity contribution in [2.45, 2.75) is 9.92 Å². The molecule has 1 N–H and O–H groups in total. The van der Waals surface area contributed by atoms with Crippen LogP contribution in [-0.4, -0.2) is 21.3 Å². The average Bonchev–Trinajstić information content (AvgIpc) is 2.34. The van der Waals surface area contributed by atoms with Gasteiger partial charge in [-0.15, -0.1) is 5.10 Å². The fourth-order valence-corrected chi connectivity index (χ4v) is 2.12. The molecule has 2 aromatic rings. The molecule has 0 aliphatic carbocycles. The topological polar surface area (TPSA) is 63.1 Å². The maximum Gasteiger partial charge on any atom is 0.338 e. The molecule has 0 atom stereocenters. The molecule has 0 spiro atoms. The van der Waals surface area contributed by atoms with Crippen molar-refractivity contribution in [2.75, 3.05) is 0 Å². The summed E-state index contributed by atoms with van der Waals surface area (Å²) in [6.07, 6.45) is 1.22. The lowest BCUT2D eigenvalue weighted by atomic mass is 10.3. The Bertz CT molecular complexity index is 607. The Morgan fingerprint density at radius 3 is 2.78 bits per heavy atom. The summed E-state index contributed by atoms with van der Waals surface area (Å²) < 4.78 is 26.4. The first-order valence-corrected chi connectivity index (χ1v) is 5.57. The Morgan fingerprint density at radius 2 is 2.06 bits per heavy atom. The highest BCUT2D eigenvalue weighted by molar-refractivity contribution is 7.99. The Morgan fingerprint density at radius 1 is 1.28 bits per heavy atom. The van der Waals surface area contributed by atoms with E-state index in [1.165, 1.54) is 12.3 Å². The highest BCUT2D eigenvalue weighted by atomic mass is 32.2. The van der Waals surface area contributed by atoms with E-state index in [1.807, 2.05) is 0 Å². The first kappa shape index (κ1) is 12.4. The van der Waals surface area contributed by atoms with E-state index >= 15 is 0 Å². The van der Waals surface area contributed by atoms with Gasteiger partial charge in [-0.25, -0.2) is 13.6 Å². The molecule has 7 heteroatoms. The standard InChI is InChI=1S/C11H6F2N2O2S/c12-6-1-2-8(13)9(5-6)18-10-7(11(16)17)3-4-14-15-10/h1-5H,(H,16,17). The van der Waals surface area contributed by atoms with Crippen LogP contribution < -0.4 is 0 Å². The lowest BCUT2D eigenvalue weighted by Crippen LogP contribution is -2.01. The van der Waals surface area contributed by atoms with Crippen molar-refractivity contribution in [3.63, 3.8) is 0 Å². The molecule has 0 bridgehead atoms. The first-order valence-electron chi connectivity index (χ1n) is 4.76. The molecule has 0 fully saturated rings. The van der Waals surface area contributed by atoms with Crippen LogP contribution in [0.2, 0.25) is 0 Å². The maximum atomic E-state index is 13.4. The van der Waals surface area contributed by atoms with Crippen molar-refractivity contribution in [3.8, 4) is 0 Å². The van der Waals surface area contributed by atoms with Crippen LogP contribution in [0, 0.1) is 11.6 Å². The zero-order valence-corrected chi connectivity index (χ0v) is 9.62. The summed E-state index contributed by atoms with van der Waals surface area (Å²) in [6.45, 7) is 0. The largest absolute Gasteiger partial charge is 0.478 e. The van der Waals surface area contributed by atoms with Crippen LogP contribution in [0.25, 0.3) is 0 Å². The van der Waals surface area contributed by atoms with E-state index < -0.39 is 17.6 Å². The molecule has 1 heterocycles. The van der Waals surface area contributed by atoms with Gasteiger partial charge < -0.3 is 5.11 Å². The predicted molar refractivity (Wildman–Crippen MR) is 59.5 cm³/mol. The summed E-state index contributed by atoms with van der Waals surface area (Å²) in [6, 6.07) is 4.16. The van der Waals surface area contributed by atoms with E-state index in [0.29, 0.717) is 11.8 Å². The van der Waals surface area contributed by atoms with E-state index in [-0.39, 0.29) is 15.5 Å². The van der Waals surface area contributed by atoms with Crippen LogP contribution in [0.4, 0.5) is 8.78 Å². The molecule has 0 aliphatic rings. The second-order valence-electron chi connectivity index (χ2n) is 3.23. The lowest BCUT2D eigenvalue weighted by molar-refractivity contribution is 0.0692. The molecular formula is C11H6F2N2O2S. The molecule has 92 valence electrons. The molecule has 0 unspecified atom stereocenters. The van der Waals surface area contributed by atoms with Crippen LogP contribution in [0.1, 0.15) is 10.4 Å². The maximum absolute atomic E-state index is 13.4. The molecule has 18 heavy (non-hydrogen) atoms. The minimum absolute atomic E-state index is 0.00880. The van der Waals surface area contributed by atoms with E-state index in [4.69, 9.17) is 5.11 Å². The number of carbonyl (C=O) groups is 1. The number of carboxylic acid groups (broad SMARTS) is 1. The molecule has 4 nitrogen and oxygen atoms in total. The third-order valence-corrected chi connectivity index (χ3v) is 3.04. The van der Waals surface area contributed by atoms with Gasteiger partial charge in [-0.05, 0) is 24.3 Å². The average molecular weight is 268 g/mol. The highest BCUT2D eigenvalue weighted by Crippen LogP contribution is 2.30. The lowest BCUT2D eigenvalue weighted by Gasteiger charge is -2.04. The molecule has 0 aliphatic heterocycles. The van der Waals surface area contributed by atoms with Gasteiger partial charge in [0.05, 0.1) is 16.7 Å². The summed E-state index contributed by atoms with van der Waals surface area (Å²) in [4.78, 5) is 10.9. The Balaban J connectivity index is 2.40. The first-order chi connectivity index (χ1) is 8.58. The molecular weight excluding hydrogens is 262 g/mol. The smallest absolute Gasteiger partial charge is 0.338 e. The van der Waals surface area contributed by atoms with E-state index in [0.717, 1.165) is 18.2 Å². The molecule has 2 rings (SSSR count). The van der Waals surface area contributed by atoms with Crippen LogP contribution >= 0.6 is 11.8 Å². The Hall–Kier alpha value is -2.02. The predicted octanol–water partition coefficient (Wildman–Crippen LogP) is 2.60. The Kier molecular flexibility index (Phi) is 3.52. The Labute approximate surface area is 105 Å². The van der Waals surface area contributed by atoms with Crippen LogP contribution in [0.5, 0.6) is 0 Å². The van der Waals surface area contributed by atoms with Crippen LogP contribution in [-0.2, 0) is 0 Å². The van der Waals surface area contributed by atoms with Gasteiger partial charge in [0.2, 0.25) is 0 Å². The van der Waals surface area contributed by atoms with Gasteiger partial charge in [0.15, 0.2) is 0 Å². The zero-order valence-electron chi connectivity index (χ0n) is 8.80. The second kappa shape index (κ2) is 5.09. The number of hydrogen-bond donors (Lipinski definition) is 1. The third-order valence-electron chi connectivity index (χ3n) is 2.02. The van der Waals surface area contributed by atoms with Gasteiger partial charge in [-0.3, -0.25) is 0 Å². The highest BCUT2D eigenvalue weighted by Gasteiger charge is 2.15. The molecule has 1 aromatic carbocycles. The molecule has 0 radical (unpaired) electrons. The number of halogens is 2. The molecule has 0 saturated carbocycles. The quantitative estimate of drug-likeness (QED) is 0.927. The van der Waals surface area contributed by atoms with Crippen molar-refractivity contribution in [2.24, 2.45) is 0 Å². The molecule has 0 saturated heterocycles. The molecule has 0 amide bonds. The van der Waals surface area contributed by atoms with Crippen molar-refractivity contribution < 1.29 is 18.7 Å². The fourth-order valence-electron chi connectivity index (χ4n) is 1.22. The van der Waals surface area contributed by atoms with Crippen molar-refractivity contribution in [3.05, 3.63) is 47.7 Å². The van der Waals surface area contributed by atoms with Crippen molar-refractivity contribution >= 4 is 17.7 Å². The van der Waals surface area contributed by atoms with Crippen LogP contribution in [0.3, 0.4) is 0 Å². The zero-order chi connectivity index (χ0) is 13.1. The second-order valence-corrected chi connectivity index (χ2v) is 4.26. The minimum Gasteiger partial charge on any atom is -0.478 e. The van der Waals surface area contributed by atoms with Crippen molar-refractivity contribution in [1.82, 2.24) is 10.2 Å². The van der Waals surface area contributed by atoms with Gasteiger partial charge in [0.1, 0.15) is 16.7 Å². The monoisotopic (exact) mass is 268 g/mol. The van der Waals surface area contributed by atoms with Gasteiger partial charge in [0.25, 0.3) is 0 Å². The number of hydrogen-bond acceptors (Lipinski definition) is 4. The molecule has 1 aromatic heterocycles. The summed E-state index contributed by atoms with van der Waals surface area (Å²) in [7, 11) is 0. The normalized spacial score (nSPS) is 10.3. The van der Waals surface area contributed by atoms with Gasteiger partial charge in [-0.2, -0.15) is 5.10 Å². The summed E-state index contributed by atoms with van der Waals surface area (Å²) >= 11 is 0.714. The minimum atomic E-state index is -1.20. The van der Waals surface area contributed by atoms with Gasteiger partial charge >= 0.3 is 5.97 Å². The number of carboxylic acids is 1. The van der Waals surface area contributed by atoms with Crippen molar-refractivity contribution in [1.29, 1.82) is 0 Å². The van der Waals surface area contributed by atoms with Crippen LogP contribution in [0.15, 0.2) is 40.4 Å². The number of nitrogens with zero attached hydrogens (tertiary/aromatic N) is 2. The number of aromatic nitrogens is 2. The number of aromatic carboxylic acids is 1. The fraction of sp³-hybridized carbons (Fsp3) is 0. The van der Waals surface area contributed by atoms with Gasteiger partial charge in [0, 0.05) is 0 Å². The van der Waals surface area contributed by atoms with E-state index in [9.17, 15) is 13.6 Å².